The van der Waals surface area contributed by atoms with E-state index in [1.807, 2.05) is 66.7 Å². The molecule has 3 aromatic rings. The van der Waals surface area contributed by atoms with Gasteiger partial charge in [-0.3, -0.25) is 4.79 Å². The molecule has 226 valence electrons. The number of aliphatic hydroxyl groups excluding tert-OH is 1. The lowest BCUT2D eigenvalue weighted by Crippen LogP contribution is -2.68. The summed E-state index contributed by atoms with van der Waals surface area (Å²) in [5.41, 5.74) is -0.274. The summed E-state index contributed by atoms with van der Waals surface area (Å²) < 4.78 is 30.8. The number of esters is 1. The Hall–Kier alpha value is -2.85. The fourth-order valence-electron chi connectivity index (χ4n) is 5.75. The fraction of sp³-hybridized carbons (Fsp3) is 0.441. The summed E-state index contributed by atoms with van der Waals surface area (Å²) in [5, 5.41) is 13.6. The monoisotopic (exact) mass is 592 g/mol. The molecule has 8 heteroatoms. The number of methoxy groups -OCH3 is 1. The Kier molecular flexibility index (Phi) is 10.4. The van der Waals surface area contributed by atoms with Crippen LogP contribution in [0.4, 0.5) is 0 Å². The lowest BCUT2D eigenvalue weighted by molar-refractivity contribution is -0.278. The third-order valence-corrected chi connectivity index (χ3v) is 13.2. The number of aliphatic hydroxyl groups is 1. The molecule has 0 spiro atoms. The predicted octanol–water partition coefficient (Wildman–Crippen LogP) is 4.45. The molecule has 0 radical (unpaired) electrons. The van der Waals surface area contributed by atoms with Gasteiger partial charge >= 0.3 is 5.97 Å². The van der Waals surface area contributed by atoms with Gasteiger partial charge in [0.2, 0.25) is 0 Å². The molecule has 7 nitrogen and oxygen atoms in total. The van der Waals surface area contributed by atoms with E-state index in [0.29, 0.717) is 0 Å². The summed E-state index contributed by atoms with van der Waals surface area (Å²) >= 11 is 0. The van der Waals surface area contributed by atoms with Gasteiger partial charge in [0.25, 0.3) is 8.32 Å². The van der Waals surface area contributed by atoms with E-state index >= 15 is 0 Å². The average molecular weight is 593 g/mol. The van der Waals surface area contributed by atoms with Crippen molar-refractivity contribution in [3.8, 4) is 0 Å². The van der Waals surface area contributed by atoms with E-state index in [1.54, 1.807) is 13.8 Å². The van der Waals surface area contributed by atoms with Gasteiger partial charge in [-0.25, -0.2) is 0 Å². The summed E-state index contributed by atoms with van der Waals surface area (Å²) in [4.78, 5) is 12.6. The van der Waals surface area contributed by atoms with Gasteiger partial charge in [0.1, 0.15) is 25.1 Å². The van der Waals surface area contributed by atoms with E-state index in [1.165, 1.54) is 7.11 Å². The lowest BCUT2D eigenvalue weighted by atomic mass is 9.81. The van der Waals surface area contributed by atoms with Crippen molar-refractivity contribution in [2.75, 3.05) is 20.5 Å². The molecular formula is C34H44O7Si. The Labute approximate surface area is 250 Å². The molecule has 1 aliphatic rings. The predicted molar refractivity (Wildman–Crippen MR) is 165 cm³/mol. The van der Waals surface area contributed by atoms with Crippen LogP contribution < -0.4 is 10.4 Å². The molecule has 0 aromatic heterocycles. The molecule has 0 saturated carbocycles. The van der Waals surface area contributed by atoms with Crippen LogP contribution >= 0.6 is 0 Å². The molecule has 1 aliphatic heterocycles. The van der Waals surface area contributed by atoms with Gasteiger partial charge in [-0.15, -0.1) is 0 Å². The Morgan fingerprint density at radius 1 is 0.881 bits per heavy atom. The number of rotatable bonds is 11. The first-order valence-corrected chi connectivity index (χ1v) is 16.3. The van der Waals surface area contributed by atoms with Gasteiger partial charge in [-0.05, 0) is 34.8 Å². The molecule has 0 unspecified atom stereocenters. The van der Waals surface area contributed by atoms with Crippen LogP contribution in [-0.2, 0) is 34.8 Å². The topological polar surface area (TPSA) is 83.5 Å². The maximum absolute atomic E-state index is 12.6. The van der Waals surface area contributed by atoms with Crippen molar-refractivity contribution < 1.29 is 33.3 Å². The van der Waals surface area contributed by atoms with Gasteiger partial charge in [-0.1, -0.05) is 112 Å². The van der Waals surface area contributed by atoms with E-state index in [9.17, 15) is 9.90 Å². The average Bonchev–Trinajstić information content (AvgIpc) is 3.00. The third-order valence-electron chi connectivity index (χ3n) is 8.16. The van der Waals surface area contributed by atoms with Gasteiger partial charge in [-0.2, -0.15) is 0 Å². The van der Waals surface area contributed by atoms with Crippen LogP contribution in [0.1, 0.15) is 40.2 Å². The molecule has 1 N–H and O–H groups in total. The van der Waals surface area contributed by atoms with Crippen molar-refractivity contribution in [3.63, 3.8) is 0 Å². The Morgan fingerprint density at radius 3 is 1.90 bits per heavy atom. The summed E-state index contributed by atoms with van der Waals surface area (Å²) in [7, 11) is -1.56. The van der Waals surface area contributed by atoms with Crippen molar-refractivity contribution in [3.05, 3.63) is 96.6 Å². The molecule has 0 amide bonds. The number of hydrogen-bond acceptors (Lipinski definition) is 7. The minimum Gasteiger partial charge on any atom is -0.469 e. The minimum atomic E-state index is -2.87. The van der Waals surface area contributed by atoms with Gasteiger partial charge in [0, 0.05) is 0 Å². The molecular weight excluding hydrogens is 548 g/mol. The number of carbonyl (C=O) groups is 1. The van der Waals surface area contributed by atoms with E-state index in [-0.39, 0.29) is 25.0 Å². The molecule has 3 aromatic carbocycles. The Bertz CT molecular complexity index is 1220. The normalized spacial score (nSPS) is 20.6. The van der Waals surface area contributed by atoms with Crippen LogP contribution in [0, 0.1) is 5.41 Å². The molecule has 0 aliphatic carbocycles. The van der Waals surface area contributed by atoms with Crippen molar-refractivity contribution in [1.82, 2.24) is 0 Å². The molecule has 4 atom stereocenters. The first kappa shape index (κ1) is 32.1. The van der Waals surface area contributed by atoms with Crippen molar-refractivity contribution in [2.45, 2.75) is 70.7 Å². The first-order chi connectivity index (χ1) is 20.0. The zero-order valence-corrected chi connectivity index (χ0v) is 26.5. The molecule has 42 heavy (non-hydrogen) atoms. The highest BCUT2D eigenvalue weighted by molar-refractivity contribution is 6.99. The van der Waals surface area contributed by atoms with Crippen LogP contribution in [0.3, 0.4) is 0 Å². The van der Waals surface area contributed by atoms with E-state index < -0.39 is 44.1 Å². The first-order valence-electron chi connectivity index (χ1n) is 14.4. The van der Waals surface area contributed by atoms with E-state index in [2.05, 4.69) is 45.0 Å². The second-order valence-corrected chi connectivity index (χ2v) is 16.7. The Balaban J connectivity index is 1.71. The molecule has 1 fully saturated rings. The zero-order chi connectivity index (χ0) is 30.4. The molecule has 1 heterocycles. The number of benzene rings is 3. The van der Waals surface area contributed by atoms with E-state index in [4.69, 9.17) is 23.4 Å². The van der Waals surface area contributed by atoms with Crippen molar-refractivity contribution >= 4 is 24.7 Å². The second kappa shape index (κ2) is 13.6. The van der Waals surface area contributed by atoms with Crippen LogP contribution in [-0.4, -0.2) is 64.3 Å². The van der Waals surface area contributed by atoms with Crippen molar-refractivity contribution in [1.29, 1.82) is 0 Å². The van der Waals surface area contributed by atoms with Crippen LogP contribution in [0.25, 0.3) is 0 Å². The highest BCUT2D eigenvalue weighted by Gasteiger charge is 2.53. The SMILES string of the molecule is COC(=O)C(C)(C)[C@H](O)[C@H]1OCO[C@H](CO[Si](c2ccccc2)(c2ccccc2)C(C)(C)C)[C@H]1OCc1ccccc1. The number of ether oxygens (including phenoxy) is 4. The Morgan fingerprint density at radius 2 is 1.40 bits per heavy atom. The molecule has 0 bridgehead atoms. The standard InChI is InChI=1S/C34H44O7Si/c1-33(2,3)42(26-18-12-8-13-19-26,27-20-14-9-15-21-27)41-23-28-29(38-22-25-16-10-7-11-17-25)30(40-24-39-28)31(35)34(4,5)32(36)37-6/h7-21,28-31,35H,22-24H2,1-6H3/t28-,29-,30+,31-/m1/s1. The summed E-state index contributed by atoms with van der Waals surface area (Å²) in [6.45, 7) is 10.4. The lowest BCUT2D eigenvalue weighted by Gasteiger charge is -2.46. The maximum atomic E-state index is 12.6. The van der Waals surface area contributed by atoms with Crippen LogP contribution in [0.5, 0.6) is 0 Å². The minimum absolute atomic E-state index is 0.0705. The highest BCUT2D eigenvalue weighted by atomic mass is 28.4. The van der Waals surface area contributed by atoms with Gasteiger partial charge in [0.15, 0.2) is 0 Å². The smallest absolute Gasteiger partial charge is 0.313 e. The number of hydrogen-bond donors (Lipinski definition) is 1. The van der Waals surface area contributed by atoms with Crippen LogP contribution in [0.2, 0.25) is 5.04 Å². The second-order valence-electron chi connectivity index (χ2n) is 12.3. The van der Waals surface area contributed by atoms with E-state index in [0.717, 1.165) is 15.9 Å². The quantitative estimate of drug-likeness (QED) is 0.260. The van der Waals surface area contributed by atoms with Crippen molar-refractivity contribution in [2.24, 2.45) is 5.41 Å². The molecule has 4 rings (SSSR count). The van der Waals surface area contributed by atoms with Gasteiger partial charge < -0.3 is 28.5 Å². The third kappa shape index (κ3) is 6.69. The summed E-state index contributed by atoms with van der Waals surface area (Å²) in [6, 6.07) is 30.6. The largest absolute Gasteiger partial charge is 0.469 e. The highest BCUT2D eigenvalue weighted by Crippen LogP contribution is 2.38. The van der Waals surface area contributed by atoms with Gasteiger partial charge in [0.05, 0.1) is 31.8 Å². The number of carbonyl (C=O) groups excluding carboxylic acids is 1. The fourth-order valence-corrected chi connectivity index (χ4v) is 10.3. The zero-order valence-electron chi connectivity index (χ0n) is 25.5. The van der Waals surface area contributed by atoms with Crippen LogP contribution in [0.15, 0.2) is 91.0 Å². The molecule has 1 saturated heterocycles. The summed E-state index contributed by atoms with van der Waals surface area (Å²) in [6.07, 6.45) is -3.37. The summed E-state index contributed by atoms with van der Waals surface area (Å²) in [5.74, 6) is -0.535. The maximum Gasteiger partial charge on any atom is 0.313 e.